The van der Waals surface area contributed by atoms with Crippen LogP contribution < -0.4 is 22.1 Å². The molecule has 0 unspecified atom stereocenters. The summed E-state index contributed by atoms with van der Waals surface area (Å²) in [6, 6.07) is 7.79. The first-order valence-electron chi connectivity index (χ1n) is 6.97. The molecule has 0 saturated carbocycles. The second-order valence-electron chi connectivity index (χ2n) is 5.22. The van der Waals surface area contributed by atoms with Gasteiger partial charge in [0.05, 0.1) is 5.69 Å². The molecule has 1 aromatic carbocycles. The predicted octanol–water partition coefficient (Wildman–Crippen LogP) is 2.05. The van der Waals surface area contributed by atoms with Crippen molar-refractivity contribution in [3.8, 4) is 0 Å². The lowest BCUT2D eigenvalue weighted by Crippen LogP contribution is -2.30. The van der Waals surface area contributed by atoms with Crippen LogP contribution in [0.1, 0.15) is 38.1 Å². The SMILES string of the molecule is CCc1nc(N(N)c2cccc(C(C)C)c2)c(N)c(=O)[nH]1. The minimum absolute atomic E-state index is 0.0182. The van der Waals surface area contributed by atoms with Crippen LogP contribution in [0.2, 0.25) is 0 Å². The Balaban J connectivity index is 2.49. The molecule has 6 heteroatoms. The average molecular weight is 287 g/mol. The van der Waals surface area contributed by atoms with Crippen molar-refractivity contribution in [3.05, 3.63) is 46.0 Å². The number of aromatic nitrogens is 2. The number of aromatic amines is 1. The van der Waals surface area contributed by atoms with Gasteiger partial charge in [-0.05, 0) is 23.6 Å². The van der Waals surface area contributed by atoms with Gasteiger partial charge in [-0.25, -0.2) is 10.8 Å². The standard InChI is InChI=1S/C15H21N5O/c1-4-12-18-14(13(16)15(21)19-12)20(17)11-7-5-6-10(8-11)9(2)3/h5-9H,4,16-17H2,1-3H3,(H,18,19,21). The average Bonchev–Trinajstić information content (AvgIpc) is 2.49. The van der Waals surface area contributed by atoms with Gasteiger partial charge in [0.2, 0.25) is 0 Å². The Labute approximate surface area is 123 Å². The number of nitrogen functional groups attached to an aromatic ring is 1. The van der Waals surface area contributed by atoms with E-state index in [0.29, 0.717) is 18.2 Å². The first kappa shape index (κ1) is 15.1. The Kier molecular flexibility index (Phi) is 4.28. The lowest BCUT2D eigenvalue weighted by Gasteiger charge is -2.20. The summed E-state index contributed by atoms with van der Waals surface area (Å²) in [4.78, 5) is 18.8. The van der Waals surface area contributed by atoms with E-state index in [4.69, 9.17) is 11.6 Å². The molecule has 2 rings (SSSR count). The summed E-state index contributed by atoms with van der Waals surface area (Å²) in [6.45, 7) is 6.11. The van der Waals surface area contributed by atoms with Gasteiger partial charge in [0.25, 0.3) is 5.56 Å². The molecule has 1 heterocycles. The number of nitrogens with one attached hydrogen (secondary N) is 1. The highest BCUT2D eigenvalue weighted by molar-refractivity contribution is 5.69. The molecule has 0 fully saturated rings. The van der Waals surface area contributed by atoms with E-state index in [9.17, 15) is 4.79 Å². The third kappa shape index (κ3) is 3.05. The first-order chi connectivity index (χ1) is 9.93. The van der Waals surface area contributed by atoms with Crippen molar-refractivity contribution in [1.29, 1.82) is 0 Å². The van der Waals surface area contributed by atoms with Crippen molar-refractivity contribution in [3.63, 3.8) is 0 Å². The Morgan fingerprint density at radius 3 is 2.71 bits per heavy atom. The molecular weight excluding hydrogens is 266 g/mol. The predicted molar refractivity (Wildman–Crippen MR) is 85.5 cm³/mol. The molecule has 0 aliphatic carbocycles. The molecule has 1 aromatic heterocycles. The Hall–Kier alpha value is -2.34. The molecule has 6 nitrogen and oxygen atoms in total. The number of hydrogen-bond acceptors (Lipinski definition) is 5. The van der Waals surface area contributed by atoms with E-state index in [0.717, 1.165) is 11.3 Å². The highest BCUT2D eigenvalue weighted by Crippen LogP contribution is 2.26. The lowest BCUT2D eigenvalue weighted by molar-refractivity contribution is 0.862. The van der Waals surface area contributed by atoms with Gasteiger partial charge >= 0.3 is 0 Å². The summed E-state index contributed by atoms with van der Waals surface area (Å²) in [6.07, 6.45) is 0.600. The molecule has 2 aromatic rings. The maximum absolute atomic E-state index is 11.8. The van der Waals surface area contributed by atoms with Crippen LogP contribution in [0.25, 0.3) is 0 Å². The number of H-pyrrole nitrogens is 1. The second-order valence-corrected chi connectivity index (χ2v) is 5.22. The summed E-state index contributed by atoms with van der Waals surface area (Å²) in [7, 11) is 0. The maximum Gasteiger partial charge on any atom is 0.276 e. The number of benzene rings is 1. The Morgan fingerprint density at radius 1 is 1.38 bits per heavy atom. The smallest absolute Gasteiger partial charge is 0.276 e. The number of hydrazine groups is 1. The number of anilines is 3. The number of aryl methyl sites for hydroxylation is 1. The van der Waals surface area contributed by atoms with Gasteiger partial charge in [-0.2, -0.15) is 0 Å². The maximum atomic E-state index is 11.8. The molecule has 112 valence electrons. The number of rotatable bonds is 4. The van der Waals surface area contributed by atoms with Gasteiger partial charge in [-0.1, -0.05) is 32.9 Å². The third-order valence-corrected chi connectivity index (χ3v) is 3.36. The van der Waals surface area contributed by atoms with Crippen LogP contribution in [0, 0.1) is 0 Å². The van der Waals surface area contributed by atoms with Crippen molar-refractivity contribution in [2.24, 2.45) is 5.84 Å². The molecular formula is C15H21N5O. The van der Waals surface area contributed by atoms with E-state index < -0.39 is 0 Å². The van der Waals surface area contributed by atoms with Crippen molar-refractivity contribution in [1.82, 2.24) is 9.97 Å². The topological polar surface area (TPSA) is 101 Å². The van der Waals surface area contributed by atoms with Gasteiger partial charge in [-0.3, -0.25) is 9.80 Å². The van der Waals surface area contributed by atoms with Gasteiger partial charge < -0.3 is 10.7 Å². The first-order valence-corrected chi connectivity index (χ1v) is 6.97. The van der Waals surface area contributed by atoms with Crippen LogP contribution in [-0.2, 0) is 6.42 Å². The van der Waals surface area contributed by atoms with Crippen LogP contribution in [0.4, 0.5) is 17.2 Å². The van der Waals surface area contributed by atoms with Crippen LogP contribution >= 0.6 is 0 Å². The van der Waals surface area contributed by atoms with E-state index in [1.807, 2.05) is 31.2 Å². The number of nitrogens with two attached hydrogens (primary N) is 2. The van der Waals surface area contributed by atoms with Crippen LogP contribution in [0.5, 0.6) is 0 Å². The fourth-order valence-corrected chi connectivity index (χ4v) is 2.02. The van der Waals surface area contributed by atoms with Gasteiger partial charge in [0, 0.05) is 6.42 Å². The second kappa shape index (κ2) is 5.97. The molecule has 0 radical (unpaired) electrons. The minimum Gasteiger partial charge on any atom is -0.391 e. The number of nitrogens with zero attached hydrogens (tertiary/aromatic N) is 2. The van der Waals surface area contributed by atoms with Crippen molar-refractivity contribution in [2.45, 2.75) is 33.1 Å². The Morgan fingerprint density at radius 2 is 2.10 bits per heavy atom. The van der Waals surface area contributed by atoms with Crippen LogP contribution in [0.15, 0.2) is 29.1 Å². The molecule has 0 bridgehead atoms. The fraction of sp³-hybridized carbons (Fsp3) is 0.333. The summed E-state index contributed by atoms with van der Waals surface area (Å²) >= 11 is 0. The third-order valence-electron chi connectivity index (χ3n) is 3.36. The summed E-state index contributed by atoms with van der Waals surface area (Å²) in [5, 5.41) is 1.36. The van der Waals surface area contributed by atoms with Gasteiger partial charge in [0.15, 0.2) is 5.82 Å². The fourth-order valence-electron chi connectivity index (χ4n) is 2.02. The van der Waals surface area contributed by atoms with E-state index in [1.165, 1.54) is 5.01 Å². The van der Waals surface area contributed by atoms with Crippen molar-refractivity contribution >= 4 is 17.2 Å². The zero-order valence-electron chi connectivity index (χ0n) is 12.6. The van der Waals surface area contributed by atoms with Crippen LogP contribution in [-0.4, -0.2) is 9.97 Å². The molecule has 0 aliphatic heterocycles. The highest BCUT2D eigenvalue weighted by atomic mass is 16.1. The zero-order valence-corrected chi connectivity index (χ0v) is 12.6. The molecule has 21 heavy (non-hydrogen) atoms. The molecule has 5 N–H and O–H groups in total. The molecule has 0 atom stereocenters. The normalized spacial score (nSPS) is 10.9. The lowest BCUT2D eigenvalue weighted by atomic mass is 10.0. The van der Waals surface area contributed by atoms with E-state index >= 15 is 0 Å². The summed E-state index contributed by atoms with van der Waals surface area (Å²) in [5.74, 6) is 7.33. The monoisotopic (exact) mass is 287 g/mol. The molecule has 0 saturated heterocycles. The summed E-state index contributed by atoms with van der Waals surface area (Å²) in [5.41, 5.74) is 7.36. The largest absolute Gasteiger partial charge is 0.391 e. The van der Waals surface area contributed by atoms with Gasteiger partial charge in [-0.15, -0.1) is 0 Å². The Bertz CT molecular complexity index is 693. The minimum atomic E-state index is -0.368. The summed E-state index contributed by atoms with van der Waals surface area (Å²) < 4.78 is 0. The van der Waals surface area contributed by atoms with Gasteiger partial charge in [0.1, 0.15) is 11.5 Å². The molecule has 0 aliphatic rings. The number of hydrogen-bond donors (Lipinski definition) is 3. The molecule has 0 spiro atoms. The van der Waals surface area contributed by atoms with E-state index in [2.05, 4.69) is 23.8 Å². The quantitative estimate of drug-likeness (QED) is 0.590. The van der Waals surface area contributed by atoms with Crippen LogP contribution in [0.3, 0.4) is 0 Å². The van der Waals surface area contributed by atoms with E-state index in [-0.39, 0.29) is 17.1 Å². The van der Waals surface area contributed by atoms with Crippen molar-refractivity contribution < 1.29 is 0 Å². The van der Waals surface area contributed by atoms with E-state index in [1.54, 1.807) is 0 Å². The molecule has 0 amide bonds. The highest BCUT2D eigenvalue weighted by Gasteiger charge is 2.15. The van der Waals surface area contributed by atoms with Crippen molar-refractivity contribution in [2.75, 3.05) is 10.7 Å². The zero-order chi connectivity index (χ0) is 15.6.